The number of hydrogen-bond acceptors (Lipinski definition) is 3. The van der Waals surface area contributed by atoms with E-state index in [2.05, 4.69) is 4.90 Å². The van der Waals surface area contributed by atoms with Gasteiger partial charge in [0.05, 0.1) is 11.6 Å². The van der Waals surface area contributed by atoms with Crippen LogP contribution in [-0.2, 0) is 18.3 Å². The second-order valence-corrected chi connectivity index (χ2v) is 9.60. The smallest absolute Gasteiger partial charge is 0.431 e. The molecule has 2 aromatic rings. The van der Waals surface area contributed by atoms with Crippen molar-refractivity contribution in [1.82, 2.24) is 14.4 Å². The number of amides is 1. The highest BCUT2D eigenvalue weighted by Crippen LogP contribution is 2.45. The van der Waals surface area contributed by atoms with E-state index in [1.807, 2.05) is 44.9 Å². The fraction of sp³-hybridized carbons (Fsp3) is 0.560. The number of piperidine rings is 1. The number of fused-ring (bicyclic) bond motifs is 2. The van der Waals surface area contributed by atoms with Gasteiger partial charge in [-0.2, -0.15) is 13.2 Å². The molecule has 2 aliphatic rings. The number of likely N-dealkylation sites (N-methyl/N-ethyl adjacent to an activating group) is 1. The second kappa shape index (κ2) is 8.38. The summed E-state index contributed by atoms with van der Waals surface area (Å²) in [4.78, 5) is 17.2. The van der Waals surface area contributed by atoms with Gasteiger partial charge in [0.15, 0.2) is 0 Å². The molecule has 1 aromatic carbocycles. The second-order valence-electron chi connectivity index (χ2n) is 9.60. The lowest BCUT2D eigenvalue weighted by atomic mass is 9.80. The van der Waals surface area contributed by atoms with E-state index in [-0.39, 0.29) is 12.0 Å². The molecule has 8 heteroatoms. The van der Waals surface area contributed by atoms with Gasteiger partial charge >= 0.3 is 6.18 Å². The third-order valence-electron chi connectivity index (χ3n) is 7.07. The zero-order chi connectivity index (χ0) is 24.1. The molecule has 0 bridgehead atoms. The Labute approximate surface area is 193 Å². The molecule has 1 fully saturated rings. The van der Waals surface area contributed by atoms with Crippen LogP contribution in [0.15, 0.2) is 24.3 Å². The Morgan fingerprint density at radius 2 is 1.70 bits per heavy atom. The fourth-order valence-corrected chi connectivity index (χ4v) is 5.46. The van der Waals surface area contributed by atoms with Gasteiger partial charge in [0.2, 0.25) is 0 Å². The lowest BCUT2D eigenvalue weighted by Gasteiger charge is -2.51. The number of aromatic nitrogens is 1. The number of benzene rings is 1. The molecule has 0 unspecified atom stereocenters. The molecule has 1 saturated heterocycles. The highest BCUT2D eigenvalue weighted by molar-refractivity contribution is 5.94. The summed E-state index contributed by atoms with van der Waals surface area (Å²) < 4.78 is 48.1. The quantitative estimate of drug-likeness (QED) is 0.644. The summed E-state index contributed by atoms with van der Waals surface area (Å²) in [5.41, 5.74) is 1.87. The van der Waals surface area contributed by atoms with Gasteiger partial charge in [-0.1, -0.05) is 0 Å². The maximum absolute atomic E-state index is 13.6. The molecule has 0 radical (unpaired) electrons. The van der Waals surface area contributed by atoms with Gasteiger partial charge in [-0.25, -0.2) is 0 Å². The van der Waals surface area contributed by atoms with Crippen LogP contribution in [0.1, 0.15) is 59.6 Å². The molecule has 5 nitrogen and oxygen atoms in total. The zero-order valence-electron chi connectivity index (χ0n) is 19.9. The largest absolute Gasteiger partial charge is 0.491 e. The Bertz CT molecular complexity index is 1050. The monoisotopic (exact) mass is 463 g/mol. The summed E-state index contributed by atoms with van der Waals surface area (Å²) in [6, 6.07) is 6.74. The van der Waals surface area contributed by atoms with E-state index in [0.717, 1.165) is 17.0 Å². The number of rotatable bonds is 3. The predicted octanol–water partition coefficient (Wildman–Crippen LogP) is 4.99. The number of ether oxygens (including phenoxy) is 1. The van der Waals surface area contributed by atoms with Crippen LogP contribution >= 0.6 is 0 Å². The molecule has 0 atom stereocenters. The third-order valence-corrected chi connectivity index (χ3v) is 7.07. The normalized spacial score (nSPS) is 18.6. The van der Waals surface area contributed by atoms with Crippen molar-refractivity contribution in [3.8, 4) is 5.75 Å². The molecule has 2 aliphatic heterocycles. The number of likely N-dealkylation sites (tertiary alicyclic amines) is 1. The molecule has 1 amide bonds. The molecule has 3 heterocycles. The van der Waals surface area contributed by atoms with Crippen molar-refractivity contribution in [3.05, 3.63) is 52.3 Å². The Morgan fingerprint density at radius 3 is 2.27 bits per heavy atom. The van der Waals surface area contributed by atoms with Gasteiger partial charge in [-0.05, 0) is 83.0 Å². The van der Waals surface area contributed by atoms with Gasteiger partial charge in [-0.15, -0.1) is 0 Å². The molecule has 180 valence electrons. The van der Waals surface area contributed by atoms with E-state index < -0.39 is 17.4 Å². The first kappa shape index (κ1) is 23.7. The van der Waals surface area contributed by atoms with E-state index in [0.29, 0.717) is 50.1 Å². The standard InChI is InChI=1S/C25H32F3N3O2/c1-16(2)33-20-7-6-19(14-17(20)3)23(32)30-10-8-24(9-11-30)22-18(4)15-21(25(26,27)28)31(22)13-12-29(24)5/h6-7,14-16H,8-13H2,1-5H3. The summed E-state index contributed by atoms with van der Waals surface area (Å²) in [6.07, 6.45) is -3.12. The number of nitrogens with zero attached hydrogens (tertiary/aromatic N) is 3. The van der Waals surface area contributed by atoms with Crippen molar-refractivity contribution in [2.24, 2.45) is 0 Å². The summed E-state index contributed by atoms with van der Waals surface area (Å²) in [7, 11) is 1.98. The Hall–Kier alpha value is -2.48. The number of carbonyl (C=O) groups excluding carboxylic acids is 1. The van der Waals surface area contributed by atoms with Gasteiger partial charge in [0.25, 0.3) is 5.91 Å². The Kier molecular flexibility index (Phi) is 6.01. The van der Waals surface area contributed by atoms with Crippen LogP contribution in [-0.4, -0.2) is 53.1 Å². The highest BCUT2D eigenvalue weighted by atomic mass is 19.4. The molecular formula is C25H32F3N3O2. The maximum atomic E-state index is 13.6. The minimum absolute atomic E-state index is 0.0504. The average Bonchev–Trinajstić information content (AvgIpc) is 3.10. The highest BCUT2D eigenvalue weighted by Gasteiger charge is 2.48. The minimum atomic E-state index is -4.37. The maximum Gasteiger partial charge on any atom is 0.431 e. The van der Waals surface area contributed by atoms with E-state index in [1.54, 1.807) is 13.0 Å². The van der Waals surface area contributed by atoms with Crippen LogP contribution in [0.3, 0.4) is 0 Å². The van der Waals surface area contributed by atoms with Crippen LogP contribution in [0.2, 0.25) is 0 Å². The summed E-state index contributed by atoms with van der Waals surface area (Å²) >= 11 is 0. The molecular weight excluding hydrogens is 431 g/mol. The number of hydrogen-bond donors (Lipinski definition) is 0. The lowest BCUT2D eigenvalue weighted by molar-refractivity contribution is -0.144. The number of carbonyl (C=O) groups is 1. The van der Waals surface area contributed by atoms with E-state index in [1.165, 1.54) is 10.6 Å². The predicted molar refractivity (Wildman–Crippen MR) is 121 cm³/mol. The molecule has 0 saturated carbocycles. The zero-order valence-corrected chi connectivity index (χ0v) is 19.9. The van der Waals surface area contributed by atoms with Crippen molar-refractivity contribution >= 4 is 5.91 Å². The fourth-order valence-electron chi connectivity index (χ4n) is 5.46. The van der Waals surface area contributed by atoms with E-state index in [4.69, 9.17) is 4.74 Å². The van der Waals surface area contributed by atoms with Crippen molar-refractivity contribution in [3.63, 3.8) is 0 Å². The molecule has 4 rings (SSSR count). The van der Waals surface area contributed by atoms with Crippen LogP contribution in [0.4, 0.5) is 13.2 Å². The molecule has 0 N–H and O–H groups in total. The average molecular weight is 464 g/mol. The van der Waals surface area contributed by atoms with Gasteiger partial charge < -0.3 is 14.2 Å². The first-order valence-electron chi connectivity index (χ1n) is 11.5. The molecule has 1 aromatic heterocycles. The minimum Gasteiger partial charge on any atom is -0.491 e. The third kappa shape index (κ3) is 4.14. The van der Waals surface area contributed by atoms with Crippen molar-refractivity contribution in [2.45, 2.75) is 64.9 Å². The summed E-state index contributed by atoms with van der Waals surface area (Å²) in [6.45, 7) is 9.48. The molecule has 0 aliphatic carbocycles. The van der Waals surface area contributed by atoms with E-state index in [9.17, 15) is 18.0 Å². The first-order chi connectivity index (χ1) is 15.4. The van der Waals surface area contributed by atoms with Crippen LogP contribution in [0, 0.1) is 13.8 Å². The topological polar surface area (TPSA) is 37.7 Å². The molecule has 33 heavy (non-hydrogen) atoms. The lowest BCUT2D eigenvalue weighted by Crippen LogP contribution is -2.57. The molecule has 1 spiro atoms. The Morgan fingerprint density at radius 1 is 1.03 bits per heavy atom. The first-order valence-corrected chi connectivity index (χ1v) is 11.5. The Balaban J connectivity index is 1.56. The van der Waals surface area contributed by atoms with E-state index >= 15 is 0 Å². The van der Waals surface area contributed by atoms with Crippen molar-refractivity contribution < 1.29 is 22.7 Å². The number of aryl methyl sites for hydroxylation is 2. The SMILES string of the molecule is Cc1cc(C(=O)N2CCC3(CC2)c2c(C)cc(C(F)(F)F)n2CCN3C)ccc1OC(C)C. The summed E-state index contributed by atoms with van der Waals surface area (Å²) in [5, 5.41) is 0. The van der Waals surface area contributed by atoms with Gasteiger partial charge in [-0.3, -0.25) is 9.69 Å². The summed E-state index contributed by atoms with van der Waals surface area (Å²) in [5.74, 6) is 0.713. The van der Waals surface area contributed by atoms with Gasteiger partial charge in [0.1, 0.15) is 11.4 Å². The van der Waals surface area contributed by atoms with Crippen LogP contribution < -0.4 is 4.74 Å². The van der Waals surface area contributed by atoms with Crippen molar-refractivity contribution in [1.29, 1.82) is 0 Å². The van der Waals surface area contributed by atoms with Crippen LogP contribution in [0.5, 0.6) is 5.75 Å². The van der Waals surface area contributed by atoms with Crippen molar-refractivity contribution in [2.75, 3.05) is 26.7 Å². The number of alkyl halides is 3. The number of halogens is 3. The van der Waals surface area contributed by atoms with Gasteiger partial charge in [0, 0.05) is 37.4 Å². The van der Waals surface area contributed by atoms with Crippen LogP contribution in [0.25, 0.3) is 0 Å².